The Morgan fingerprint density at radius 3 is 2.06 bits per heavy atom. The van der Waals surface area contributed by atoms with Gasteiger partial charge < -0.3 is 9.80 Å². The maximum atomic E-state index is 11.0. The SMILES string of the molecule is CCc1ccnc(C2CN(c3ccc([N+](=O)[O-])cc3)CCN2c2ccc([N+](=O)[O-])cc2)c1. The number of pyridine rings is 1. The number of hydrogen-bond donors (Lipinski definition) is 0. The molecule has 0 bridgehead atoms. The molecule has 0 spiro atoms. The summed E-state index contributed by atoms with van der Waals surface area (Å²) in [6, 6.07) is 17.2. The van der Waals surface area contributed by atoms with Gasteiger partial charge in [0.2, 0.25) is 0 Å². The predicted octanol–water partition coefficient (Wildman–Crippen LogP) is 4.53. The van der Waals surface area contributed by atoms with E-state index in [4.69, 9.17) is 0 Å². The van der Waals surface area contributed by atoms with Crippen LogP contribution in [0.4, 0.5) is 22.7 Å². The minimum atomic E-state index is -0.403. The summed E-state index contributed by atoms with van der Waals surface area (Å²) in [5, 5.41) is 22.0. The first-order chi connectivity index (χ1) is 15.5. The summed E-state index contributed by atoms with van der Waals surface area (Å²) in [6.07, 6.45) is 2.71. The molecule has 32 heavy (non-hydrogen) atoms. The molecule has 1 unspecified atom stereocenters. The molecule has 2 aromatic carbocycles. The Bertz CT molecular complexity index is 1120. The summed E-state index contributed by atoms with van der Waals surface area (Å²) in [5.74, 6) is 0. The van der Waals surface area contributed by atoms with Gasteiger partial charge in [-0.15, -0.1) is 0 Å². The topological polar surface area (TPSA) is 106 Å². The monoisotopic (exact) mass is 433 g/mol. The van der Waals surface area contributed by atoms with Crippen molar-refractivity contribution in [1.29, 1.82) is 0 Å². The maximum Gasteiger partial charge on any atom is 0.269 e. The highest BCUT2D eigenvalue weighted by Gasteiger charge is 2.30. The van der Waals surface area contributed by atoms with Gasteiger partial charge in [-0.05, 0) is 48.4 Å². The van der Waals surface area contributed by atoms with Crippen molar-refractivity contribution in [2.75, 3.05) is 29.4 Å². The van der Waals surface area contributed by atoms with E-state index in [1.165, 1.54) is 29.8 Å². The lowest BCUT2D eigenvalue weighted by molar-refractivity contribution is -0.385. The first-order valence-electron chi connectivity index (χ1n) is 10.4. The molecule has 1 aromatic heterocycles. The van der Waals surface area contributed by atoms with E-state index in [0.717, 1.165) is 23.5 Å². The molecule has 0 saturated carbocycles. The predicted molar refractivity (Wildman–Crippen MR) is 122 cm³/mol. The summed E-state index contributed by atoms with van der Waals surface area (Å²) in [7, 11) is 0. The highest BCUT2D eigenvalue weighted by molar-refractivity contribution is 5.57. The van der Waals surface area contributed by atoms with Crippen LogP contribution in [0.15, 0.2) is 66.9 Å². The van der Waals surface area contributed by atoms with E-state index in [9.17, 15) is 20.2 Å². The molecule has 2 heterocycles. The van der Waals surface area contributed by atoms with Crippen LogP contribution in [0, 0.1) is 20.2 Å². The number of rotatable bonds is 6. The number of aromatic nitrogens is 1. The molecule has 1 fully saturated rings. The average Bonchev–Trinajstić information content (AvgIpc) is 2.84. The van der Waals surface area contributed by atoms with Crippen LogP contribution >= 0.6 is 0 Å². The van der Waals surface area contributed by atoms with Crippen LogP contribution in [0.1, 0.15) is 24.2 Å². The highest BCUT2D eigenvalue weighted by Crippen LogP contribution is 2.33. The molecule has 9 heteroatoms. The molecule has 1 aliphatic heterocycles. The second-order valence-electron chi connectivity index (χ2n) is 7.64. The van der Waals surface area contributed by atoms with Crippen LogP contribution in [-0.2, 0) is 6.42 Å². The van der Waals surface area contributed by atoms with Gasteiger partial charge in [-0.3, -0.25) is 25.2 Å². The van der Waals surface area contributed by atoms with Crippen molar-refractivity contribution in [3.63, 3.8) is 0 Å². The van der Waals surface area contributed by atoms with Crippen molar-refractivity contribution in [3.05, 3.63) is 98.3 Å². The van der Waals surface area contributed by atoms with Gasteiger partial charge in [0.15, 0.2) is 0 Å². The quantitative estimate of drug-likeness (QED) is 0.415. The Morgan fingerprint density at radius 2 is 1.50 bits per heavy atom. The summed E-state index contributed by atoms with van der Waals surface area (Å²) in [4.78, 5) is 30.3. The summed E-state index contributed by atoms with van der Waals surface area (Å²) in [5.41, 5.74) is 4.04. The molecule has 0 radical (unpaired) electrons. The van der Waals surface area contributed by atoms with Crippen LogP contribution in [0.3, 0.4) is 0 Å². The highest BCUT2D eigenvalue weighted by atomic mass is 16.6. The molecule has 1 saturated heterocycles. The summed E-state index contributed by atoms with van der Waals surface area (Å²) < 4.78 is 0. The largest absolute Gasteiger partial charge is 0.367 e. The Labute approximate surface area is 185 Å². The van der Waals surface area contributed by atoms with E-state index in [-0.39, 0.29) is 17.4 Å². The van der Waals surface area contributed by atoms with Crippen LogP contribution in [0.2, 0.25) is 0 Å². The summed E-state index contributed by atoms with van der Waals surface area (Å²) >= 11 is 0. The number of benzene rings is 2. The van der Waals surface area contributed by atoms with Gasteiger partial charge in [0.25, 0.3) is 11.4 Å². The third-order valence-corrected chi connectivity index (χ3v) is 5.79. The van der Waals surface area contributed by atoms with Gasteiger partial charge in [0.05, 0.1) is 21.6 Å². The fourth-order valence-electron chi connectivity index (χ4n) is 4.03. The number of hydrogen-bond acceptors (Lipinski definition) is 7. The molecule has 0 amide bonds. The lowest BCUT2D eigenvalue weighted by Gasteiger charge is -2.43. The fourth-order valence-corrected chi connectivity index (χ4v) is 4.03. The van der Waals surface area contributed by atoms with E-state index in [1.807, 2.05) is 12.3 Å². The third kappa shape index (κ3) is 4.36. The molecule has 3 aromatic rings. The van der Waals surface area contributed by atoms with Crippen LogP contribution < -0.4 is 9.80 Å². The Hall–Kier alpha value is -4.01. The zero-order chi connectivity index (χ0) is 22.7. The molecule has 4 rings (SSSR count). The van der Waals surface area contributed by atoms with Crippen LogP contribution in [0.5, 0.6) is 0 Å². The maximum absolute atomic E-state index is 11.0. The van der Waals surface area contributed by atoms with Crippen molar-refractivity contribution < 1.29 is 9.85 Å². The van der Waals surface area contributed by atoms with Gasteiger partial charge in [-0.25, -0.2) is 0 Å². The lowest BCUT2D eigenvalue weighted by Crippen LogP contribution is -2.49. The number of aryl methyl sites for hydroxylation is 1. The van der Waals surface area contributed by atoms with E-state index in [0.29, 0.717) is 19.6 Å². The zero-order valence-corrected chi connectivity index (χ0v) is 17.6. The van der Waals surface area contributed by atoms with Gasteiger partial charge in [-0.2, -0.15) is 0 Å². The minimum Gasteiger partial charge on any atom is -0.367 e. The smallest absolute Gasteiger partial charge is 0.269 e. The van der Waals surface area contributed by atoms with Gasteiger partial charge in [0, 0.05) is 61.5 Å². The van der Waals surface area contributed by atoms with Crippen molar-refractivity contribution in [2.45, 2.75) is 19.4 Å². The van der Waals surface area contributed by atoms with Crippen molar-refractivity contribution in [1.82, 2.24) is 4.98 Å². The Morgan fingerprint density at radius 1 is 0.906 bits per heavy atom. The Kier molecular flexibility index (Phi) is 5.98. The van der Waals surface area contributed by atoms with Crippen molar-refractivity contribution >= 4 is 22.7 Å². The van der Waals surface area contributed by atoms with Crippen LogP contribution in [-0.4, -0.2) is 34.5 Å². The summed E-state index contributed by atoms with van der Waals surface area (Å²) in [6.45, 7) is 4.11. The van der Waals surface area contributed by atoms with Crippen molar-refractivity contribution in [3.8, 4) is 0 Å². The molecule has 1 aliphatic rings. The normalized spacial score (nSPS) is 16.1. The Balaban J connectivity index is 1.66. The van der Waals surface area contributed by atoms with E-state index in [1.54, 1.807) is 24.3 Å². The molecule has 164 valence electrons. The van der Waals surface area contributed by atoms with Crippen molar-refractivity contribution in [2.24, 2.45) is 0 Å². The van der Waals surface area contributed by atoms with Gasteiger partial charge in [0.1, 0.15) is 0 Å². The number of nitrogens with zero attached hydrogens (tertiary/aromatic N) is 5. The lowest BCUT2D eigenvalue weighted by atomic mass is 10.0. The number of anilines is 2. The standard InChI is InChI=1S/C23H23N5O4/c1-2-17-11-12-24-22(15-17)23-16-25(18-3-7-20(8-4-18)27(29)30)13-14-26(23)19-5-9-21(10-6-19)28(31)32/h3-12,15,23H,2,13-14,16H2,1H3. The average molecular weight is 433 g/mol. The molecular formula is C23H23N5O4. The number of non-ortho nitro benzene ring substituents is 2. The fraction of sp³-hybridized carbons (Fsp3) is 0.261. The molecule has 1 atom stereocenters. The minimum absolute atomic E-state index is 0.0564. The first kappa shape index (κ1) is 21.2. The van der Waals surface area contributed by atoms with Crippen LogP contribution in [0.25, 0.3) is 0 Å². The second-order valence-corrected chi connectivity index (χ2v) is 7.64. The zero-order valence-electron chi connectivity index (χ0n) is 17.6. The third-order valence-electron chi connectivity index (χ3n) is 5.79. The molecule has 9 nitrogen and oxygen atoms in total. The number of nitro benzene ring substituents is 2. The van der Waals surface area contributed by atoms with Gasteiger partial charge in [-0.1, -0.05) is 6.92 Å². The first-order valence-corrected chi connectivity index (χ1v) is 10.4. The second kappa shape index (κ2) is 9.01. The van der Waals surface area contributed by atoms with Gasteiger partial charge >= 0.3 is 0 Å². The number of nitro groups is 2. The van der Waals surface area contributed by atoms with E-state index in [2.05, 4.69) is 27.8 Å². The molecule has 0 aliphatic carbocycles. The molecule has 0 N–H and O–H groups in total. The molecular weight excluding hydrogens is 410 g/mol. The van der Waals surface area contributed by atoms with E-state index < -0.39 is 9.85 Å². The number of piperazine rings is 1. The van der Waals surface area contributed by atoms with E-state index >= 15 is 0 Å².